The summed E-state index contributed by atoms with van der Waals surface area (Å²) in [5, 5.41) is 0. The van der Waals surface area contributed by atoms with Gasteiger partial charge in [-0.15, -0.1) is 0 Å². The summed E-state index contributed by atoms with van der Waals surface area (Å²) in [5.74, 6) is -2.23. The van der Waals surface area contributed by atoms with Crippen LogP contribution in [0.4, 0.5) is 8.78 Å². The molecule has 0 spiro atoms. The molecule has 1 nitrogen and oxygen atoms in total. The quantitative estimate of drug-likeness (QED) is 0.663. The lowest BCUT2D eigenvalue weighted by atomic mass is 9.84. The molecule has 0 aromatic rings. The molecule has 1 aliphatic rings. The van der Waals surface area contributed by atoms with Gasteiger partial charge in [0.15, 0.2) is 0 Å². The van der Waals surface area contributed by atoms with E-state index in [1.807, 2.05) is 0 Å². The lowest BCUT2D eigenvalue weighted by Gasteiger charge is -2.28. The third-order valence-electron chi connectivity index (χ3n) is 2.32. The molecule has 0 saturated heterocycles. The first-order valence-electron chi connectivity index (χ1n) is 4.22. The third-order valence-corrected chi connectivity index (χ3v) is 2.32. The van der Waals surface area contributed by atoms with Crippen molar-refractivity contribution in [2.75, 3.05) is 6.54 Å². The van der Waals surface area contributed by atoms with Crippen molar-refractivity contribution in [2.45, 2.75) is 38.0 Å². The SMILES string of the molecule is NCCC1CCCC(F)(F)C1. The smallest absolute Gasteiger partial charge is 0.248 e. The second-order valence-corrected chi connectivity index (χ2v) is 3.40. The minimum Gasteiger partial charge on any atom is -0.330 e. The van der Waals surface area contributed by atoms with Crippen molar-refractivity contribution in [1.29, 1.82) is 0 Å². The molecule has 0 aliphatic heterocycles. The van der Waals surface area contributed by atoms with E-state index < -0.39 is 5.92 Å². The lowest BCUT2D eigenvalue weighted by Crippen LogP contribution is -2.27. The minimum absolute atomic E-state index is 0.0597. The Balaban J connectivity index is 2.34. The van der Waals surface area contributed by atoms with Crippen LogP contribution >= 0.6 is 0 Å². The molecule has 66 valence electrons. The topological polar surface area (TPSA) is 26.0 Å². The number of hydrogen-bond donors (Lipinski definition) is 1. The van der Waals surface area contributed by atoms with Crippen LogP contribution in [0.1, 0.15) is 32.1 Å². The zero-order chi connectivity index (χ0) is 8.32. The summed E-state index contributed by atoms with van der Waals surface area (Å²) < 4.78 is 25.5. The molecule has 0 bridgehead atoms. The number of halogens is 2. The van der Waals surface area contributed by atoms with E-state index in [2.05, 4.69) is 0 Å². The Morgan fingerprint density at radius 2 is 2.18 bits per heavy atom. The molecule has 3 heteroatoms. The van der Waals surface area contributed by atoms with Crippen molar-refractivity contribution < 1.29 is 8.78 Å². The molecule has 1 unspecified atom stereocenters. The summed E-state index contributed by atoms with van der Waals surface area (Å²) >= 11 is 0. The van der Waals surface area contributed by atoms with Gasteiger partial charge in [-0.05, 0) is 31.7 Å². The van der Waals surface area contributed by atoms with Gasteiger partial charge in [0.2, 0.25) is 5.92 Å². The molecular formula is C8H15F2N. The van der Waals surface area contributed by atoms with Crippen molar-refractivity contribution in [3.8, 4) is 0 Å². The van der Waals surface area contributed by atoms with E-state index in [4.69, 9.17) is 5.73 Å². The van der Waals surface area contributed by atoms with Gasteiger partial charge in [0.25, 0.3) is 0 Å². The van der Waals surface area contributed by atoms with Gasteiger partial charge in [0.1, 0.15) is 0 Å². The highest BCUT2D eigenvalue weighted by Crippen LogP contribution is 2.37. The highest BCUT2D eigenvalue weighted by Gasteiger charge is 2.35. The number of nitrogens with two attached hydrogens (primary N) is 1. The molecule has 11 heavy (non-hydrogen) atoms. The van der Waals surface area contributed by atoms with Crippen LogP contribution in [-0.2, 0) is 0 Å². The first-order chi connectivity index (χ1) is 5.14. The number of alkyl halides is 2. The van der Waals surface area contributed by atoms with Crippen molar-refractivity contribution in [2.24, 2.45) is 11.7 Å². The van der Waals surface area contributed by atoms with Crippen molar-refractivity contribution in [3.05, 3.63) is 0 Å². The van der Waals surface area contributed by atoms with E-state index in [-0.39, 0.29) is 18.8 Å². The van der Waals surface area contributed by atoms with Crippen molar-refractivity contribution in [1.82, 2.24) is 0 Å². The molecule has 1 saturated carbocycles. The fourth-order valence-corrected chi connectivity index (χ4v) is 1.76. The Bertz CT molecular complexity index is 123. The summed E-state index contributed by atoms with van der Waals surface area (Å²) in [6.07, 6.45) is 2.50. The fraction of sp³-hybridized carbons (Fsp3) is 1.00. The lowest BCUT2D eigenvalue weighted by molar-refractivity contribution is -0.0531. The first-order valence-corrected chi connectivity index (χ1v) is 4.22. The van der Waals surface area contributed by atoms with Gasteiger partial charge in [-0.2, -0.15) is 0 Å². The molecule has 1 atom stereocenters. The summed E-state index contributed by atoms with van der Waals surface area (Å²) in [6.45, 7) is 0.542. The van der Waals surface area contributed by atoms with Crippen LogP contribution in [0.15, 0.2) is 0 Å². The summed E-state index contributed by atoms with van der Waals surface area (Å²) in [5.41, 5.74) is 5.30. The minimum atomic E-state index is -2.40. The zero-order valence-corrected chi connectivity index (χ0v) is 6.65. The average molecular weight is 163 g/mol. The van der Waals surface area contributed by atoms with Crippen LogP contribution in [0.25, 0.3) is 0 Å². The second-order valence-electron chi connectivity index (χ2n) is 3.40. The van der Waals surface area contributed by atoms with E-state index in [9.17, 15) is 8.78 Å². The van der Waals surface area contributed by atoms with E-state index in [0.717, 1.165) is 12.8 Å². The highest BCUT2D eigenvalue weighted by atomic mass is 19.3. The van der Waals surface area contributed by atoms with Crippen molar-refractivity contribution in [3.63, 3.8) is 0 Å². The first kappa shape index (κ1) is 8.91. The Morgan fingerprint density at radius 1 is 1.45 bits per heavy atom. The monoisotopic (exact) mass is 163 g/mol. The molecule has 0 radical (unpaired) electrons. The second kappa shape index (κ2) is 3.48. The van der Waals surface area contributed by atoms with Gasteiger partial charge >= 0.3 is 0 Å². The number of rotatable bonds is 2. The van der Waals surface area contributed by atoms with E-state index in [1.54, 1.807) is 0 Å². The van der Waals surface area contributed by atoms with Crippen LogP contribution in [0.5, 0.6) is 0 Å². The molecule has 1 aliphatic carbocycles. The van der Waals surface area contributed by atoms with Gasteiger partial charge in [-0.3, -0.25) is 0 Å². The summed E-state index contributed by atoms with van der Waals surface area (Å²) in [6, 6.07) is 0. The highest BCUT2D eigenvalue weighted by molar-refractivity contribution is 4.78. The predicted octanol–water partition coefficient (Wildman–Crippen LogP) is 2.16. The van der Waals surface area contributed by atoms with Crippen LogP contribution in [0, 0.1) is 5.92 Å². The molecule has 0 amide bonds. The Morgan fingerprint density at radius 3 is 2.73 bits per heavy atom. The molecule has 2 N–H and O–H groups in total. The summed E-state index contributed by atoms with van der Waals surface area (Å²) in [7, 11) is 0. The zero-order valence-electron chi connectivity index (χ0n) is 6.65. The molecule has 1 rings (SSSR count). The molecule has 1 fully saturated rings. The molecular weight excluding hydrogens is 148 g/mol. The standard InChI is InChI=1S/C8H15F2N/c9-8(10)4-1-2-7(6-8)3-5-11/h7H,1-6,11H2. The Kier molecular flexibility index (Phi) is 2.82. The molecule has 0 heterocycles. The van der Waals surface area contributed by atoms with Crippen LogP contribution in [0.2, 0.25) is 0 Å². The van der Waals surface area contributed by atoms with Gasteiger partial charge in [0, 0.05) is 12.8 Å². The van der Waals surface area contributed by atoms with Gasteiger partial charge < -0.3 is 5.73 Å². The largest absolute Gasteiger partial charge is 0.330 e. The molecule has 0 aromatic heterocycles. The fourth-order valence-electron chi connectivity index (χ4n) is 1.76. The normalized spacial score (nSPS) is 30.3. The summed E-state index contributed by atoms with van der Waals surface area (Å²) in [4.78, 5) is 0. The third kappa shape index (κ3) is 2.73. The molecule has 0 aromatic carbocycles. The maximum Gasteiger partial charge on any atom is 0.248 e. The van der Waals surface area contributed by atoms with Crippen LogP contribution < -0.4 is 5.73 Å². The maximum absolute atomic E-state index is 12.7. The van der Waals surface area contributed by atoms with Crippen LogP contribution in [0.3, 0.4) is 0 Å². The maximum atomic E-state index is 12.7. The van der Waals surface area contributed by atoms with E-state index >= 15 is 0 Å². The number of hydrogen-bond acceptors (Lipinski definition) is 1. The van der Waals surface area contributed by atoms with Crippen molar-refractivity contribution >= 4 is 0 Å². The van der Waals surface area contributed by atoms with Gasteiger partial charge in [-0.25, -0.2) is 8.78 Å². The van der Waals surface area contributed by atoms with Crippen LogP contribution in [-0.4, -0.2) is 12.5 Å². The Hall–Kier alpha value is -0.180. The predicted molar refractivity (Wildman–Crippen MR) is 40.6 cm³/mol. The van der Waals surface area contributed by atoms with Gasteiger partial charge in [-0.1, -0.05) is 0 Å². The average Bonchev–Trinajstić information content (AvgIpc) is 1.85. The van der Waals surface area contributed by atoms with Gasteiger partial charge in [0.05, 0.1) is 0 Å². The Labute approximate surface area is 66.0 Å². The van der Waals surface area contributed by atoms with E-state index in [1.165, 1.54) is 0 Å². The van der Waals surface area contributed by atoms with E-state index in [0.29, 0.717) is 13.0 Å².